The van der Waals surface area contributed by atoms with Crippen molar-refractivity contribution in [1.82, 2.24) is 10.6 Å². The van der Waals surface area contributed by atoms with Gasteiger partial charge in [-0.25, -0.2) is 0 Å². The predicted molar refractivity (Wildman–Crippen MR) is 130 cm³/mol. The smallest absolute Gasteiger partial charge is 0.256 e. The minimum Gasteiger partial charge on any atom is -0.493 e. The third-order valence-corrected chi connectivity index (χ3v) is 5.43. The predicted octanol–water partition coefficient (Wildman–Crippen LogP) is 1.67. The number of unbranched alkanes of at least 4 members (excludes halogenated alkanes) is 7. The first-order valence-electron chi connectivity index (χ1n) is 12.1. The largest absolute Gasteiger partial charge is 0.493 e. The number of aldehydes is 2. The van der Waals surface area contributed by atoms with Gasteiger partial charge in [-0.1, -0.05) is 50.7 Å². The van der Waals surface area contributed by atoms with Gasteiger partial charge in [0.05, 0.1) is 12.2 Å². The molecule has 0 aromatic heterocycles. The van der Waals surface area contributed by atoms with Gasteiger partial charge in [0.15, 0.2) is 6.29 Å². The van der Waals surface area contributed by atoms with Crippen LogP contribution in [0.4, 0.5) is 0 Å². The van der Waals surface area contributed by atoms with Crippen LogP contribution < -0.4 is 21.1 Å². The van der Waals surface area contributed by atoms with Crippen molar-refractivity contribution in [2.24, 2.45) is 5.73 Å². The number of amides is 3. The monoisotopic (exact) mass is 491 g/mol. The first-order valence-corrected chi connectivity index (χ1v) is 12.1. The van der Waals surface area contributed by atoms with E-state index in [0.29, 0.717) is 25.7 Å². The standard InChI is InChI=1S/C25H37N3O7/c26-24(33)20(12-10-15-29)28-25(34)23-19(17-30)11-9-13-21(23)35-16-8-6-4-2-1-3-5-7-14-27-22(32)18-31/h9,11,13,15,17,20,31H,1-8,10,12,14,16,18H2,(H2,26,33)(H,27,32)(H,28,34). The Labute approximate surface area is 206 Å². The zero-order valence-electron chi connectivity index (χ0n) is 20.1. The minimum atomic E-state index is -1.03. The van der Waals surface area contributed by atoms with E-state index in [2.05, 4.69) is 10.6 Å². The number of hydrogen-bond acceptors (Lipinski definition) is 7. The Morgan fingerprint density at radius 2 is 1.66 bits per heavy atom. The summed E-state index contributed by atoms with van der Waals surface area (Å²) in [5.41, 5.74) is 5.48. The van der Waals surface area contributed by atoms with Crippen molar-refractivity contribution in [3.63, 3.8) is 0 Å². The maximum atomic E-state index is 12.8. The second kappa shape index (κ2) is 18.1. The fourth-order valence-corrected chi connectivity index (χ4v) is 3.51. The molecule has 1 aromatic carbocycles. The van der Waals surface area contributed by atoms with Crippen LogP contribution in [0.25, 0.3) is 0 Å². The zero-order chi connectivity index (χ0) is 25.9. The Balaban J connectivity index is 2.41. The van der Waals surface area contributed by atoms with Crippen LogP contribution in [0, 0.1) is 0 Å². The molecule has 1 unspecified atom stereocenters. The molecule has 0 aliphatic rings. The van der Waals surface area contributed by atoms with E-state index in [1.807, 2.05) is 0 Å². The van der Waals surface area contributed by atoms with Gasteiger partial charge in [0.25, 0.3) is 5.91 Å². The highest BCUT2D eigenvalue weighted by Crippen LogP contribution is 2.22. The lowest BCUT2D eigenvalue weighted by Crippen LogP contribution is -2.44. The molecule has 1 aromatic rings. The number of benzene rings is 1. The van der Waals surface area contributed by atoms with E-state index in [1.54, 1.807) is 12.1 Å². The Hall–Kier alpha value is -3.27. The van der Waals surface area contributed by atoms with E-state index in [4.69, 9.17) is 15.6 Å². The number of carbonyl (C=O) groups excluding carboxylic acids is 5. The van der Waals surface area contributed by atoms with Crippen LogP contribution in [0.5, 0.6) is 5.75 Å². The summed E-state index contributed by atoms with van der Waals surface area (Å²) < 4.78 is 5.78. The number of hydrogen-bond donors (Lipinski definition) is 4. The van der Waals surface area contributed by atoms with Crippen molar-refractivity contribution in [3.8, 4) is 5.75 Å². The summed E-state index contributed by atoms with van der Waals surface area (Å²) in [6, 6.07) is 3.66. The average Bonchev–Trinajstić information content (AvgIpc) is 2.86. The number of aliphatic hydroxyl groups excluding tert-OH is 1. The average molecular weight is 492 g/mol. The Morgan fingerprint density at radius 1 is 1.00 bits per heavy atom. The van der Waals surface area contributed by atoms with Crippen LogP contribution in [0.3, 0.4) is 0 Å². The molecule has 0 fully saturated rings. The van der Waals surface area contributed by atoms with E-state index in [-0.39, 0.29) is 35.6 Å². The third-order valence-electron chi connectivity index (χ3n) is 5.43. The molecule has 0 bridgehead atoms. The van der Waals surface area contributed by atoms with Crippen molar-refractivity contribution in [3.05, 3.63) is 29.3 Å². The van der Waals surface area contributed by atoms with Crippen LogP contribution in [0.1, 0.15) is 84.9 Å². The molecule has 194 valence electrons. The van der Waals surface area contributed by atoms with E-state index < -0.39 is 24.5 Å². The number of rotatable bonds is 20. The summed E-state index contributed by atoms with van der Waals surface area (Å²) >= 11 is 0. The lowest BCUT2D eigenvalue weighted by atomic mass is 10.0. The molecule has 0 spiro atoms. The highest BCUT2D eigenvalue weighted by atomic mass is 16.5. The molecule has 3 amide bonds. The third kappa shape index (κ3) is 12.1. The quantitative estimate of drug-likeness (QED) is 0.159. The molecular formula is C25H37N3O7. The lowest BCUT2D eigenvalue weighted by molar-refractivity contribution is -0.124. The number of aliphatic hydroxyl groups is 1. The van der Waals surface area contributed by atoms with Gasteiger partial charge in [-0.05, 0) is 25.3 Å². The molecule has 0 saturated carbocycles. The molecule has 0 aliphatic heterocycles. The SMILES string of the molecule is NC(=O)C(CCC=O)NC(=O)c1c(C=O)cccc1OCCCCCCCCCCNC(=O)CO. The summed E-state index contributed by atoms with van der Waals surface area (Å²) in [6.45, 7) is 0.487. The van der Waals surface area contributed by atoms with Gasteiger partial charge in [0, 0.05) is 18.5 Å². The van der Waals surface area contributed by atoms with Crippen LogP contribution in [0.15, 0.2) is 18.2 Å². The van der Waals surface area contributed by atoms with Gasteiger partial charge in [0.1, 0.15) is 24.7 Å². The number of carbonyl (C=O) groups is 5. The van der Waals surface area contributed by atoms with E-state index in [0.717, 1.165) is 51.4 Å². The van der Waals surface area contributed by atoms with E-state index >= 15 is 0 Å². The first kappa shape index (κ1) is 29.8. The van der Waals surface area contributed by atoms with Gasteiger partial charge in [-0.15, -0.1) is 0 Å². The molecule has 10 nitrogen and oxygen atoms in total. The molecule has 1 rings (SSSR count). The highest BCUT2D eigenvalue weighted by molar-refractivity contribution is 6.05. The van der Waals surface area contributed by atoms with Crippen LogP contribution >= 0.6 is 0 Å². The molecular weight excluding hydrogens is 454 g/mol. The Bertz CT molecular complexity index is 829. The van der Waals surface area contributed by atoms with Crippen LogP contribution in [0.2, 0.25) is 0 Å². The minimum absolute atomic E-state index is 0.0371. The molecule has 0 radical (unpaired) electrons. The topological polar surface area (TPSA) is 165 Å². The second-order valence-corrected chi connectivity index (χ2v) is 8.20. The number of primary amides is 1. The number of ether oxygens (including phenoxy) is 1. The maximum Gasteiger partial charge on any atom is 0.256 e. The van der Waals surface area contributed by atoms with Crippen molar-refractivity contribution < 1.29 is 33.8 Å². The van der Waals surface area contributed by atoms with Crippen molar-refractivity contribution >= 4 is 30.3 Å². The van der Waals surface area contributed by atoms with Gasteiger partial charge in [0.2, 0.25) is 11.8 Å². The number of nitrogens with two attached hydrogens (primary N) is 1. The van der Waals surface area contributed by atoms with Crippen molar-refractivity contribution in [2.75, 3.05) is 19.8 Å². The molecule has 10 heteroatoms. The fourth-order valence-electron chi connectivity index (χ4n) is 3.51. The molecule has 0 heterocycles. The number of nitrogens with one attached hydrogen (secondary N) is 2. The summed E-state index contributed by atoms with van der Waals surface area (Å²) in [4.78, 5) is 57.4. The molecule has 35 heavy (non-hydrogen) atoms. The van der Waals surface area contributed by atoms with Gasteiger partial charge >= 0.3 is 0 Å². The second-order valence-electron chi connectivity index (χ2n) is 8.20. The normalized spacial score (nSPS) is 11.3. The van der Waals surface area contributed by atoms with Gasteiger partial charge in [-0.2, -0.15) is 0 Å². The molecule has 5 N–H and O–H groups in total. The summed E-state index contributed by atoms with van der Waals surface area (Å²) in [5.74, 6) is -1.52. The van der Waals surface area contributed by atoms with Gasteiger partial charge in [-0.3, -0.25) is 19.2 Å². The molecule has 0 saturated heterocycles. The summed E-state index contributed by atoms with van der Waals surface area (Å²) in [7, 11) is 0. The lowest BCUT2D eigenvalue weighted by Gasteiger charge is -2.17. The van der Waals surface area contributed by atoms with E-state index in [9.17, 15) is 24.0 Å². The van der Waals surface area contributed by atoms with Crippen molar-refractivity contribution in [2.45, 2.75) is 70.3 Å². The summed E-state index contributed by atoms with van der Waals surface area (Å²) in [6.07, 6.45) is 9.30. The van der Waals surface area contributed by atoms with Gasteiger partial charge < -0.3 is 31.0 Å². The maximum absolute atomic E-state index is 12.8. The Kier molecular flexibility index (Phi) is 15.4. The van der Waals surface area contributed by atoms with Crippen molar-refractivity contribution in [1.29, 1.82) is 0 Å². The van der Waals surface area contributed by atoms with E-state index in [1.165, 1.54) is 6.07 Å². The first-order chi connectivity index (χ1) is 16.9. The highest BCUT2D eigenvalue weighted by Gasteiger charge is 2.23. The summed E-state index contributed by atoms with van der Waals surface area (Å²) in [5, 5.41) is 13.7. The van der Waals surface area contributed by atoms with Crippen LogP contribution in [-0.2, 0) is 14.4 Å². The van der Waals surface area contributed by atoms with Crippen LogP contribution in [-0.4, -0.2) is 61.2 Å². The fraction of sp³-hybridized carbons (Fsp3) is 0.560. The molecule has 0 aliphatic carbocycles. The molecule has 1 atom stereocenters. The zero-order valence-corrected chi connectivity index (χ0v) is 20.1. The Morgan fingerprint density at radius 3 is 2.26 bits per heavy atom.